The molecule has 0 aromatic carbocycles. The number of hydrogen-bond donors (Lipinski definition) is 0. The Hall–Kier alpha value is -1.05. The van der Waals surface area contributed by atoms with E-state index < -0.39 is 0 Å². The van der Waals surface area contributed by atoms with Crippen molar-refractivity contribution in [1.29, 1.82) is 0 Å². The summed E-state index contributed by atoms with van der Waals surface area (Å²) in [6.07, 6.45) is 8.11. The topological polar surface area (TPSA) is 22.1 Å². The minimum Gasteiger partial charge on any atom is -0.481 e. The minimum atomic E-state index is 0.705. The molecule has 2 heteroatoms. The quantitative estimate of drug-likeness (QED) is 0.713. The van der Waals surface area contributed by atoms with Crippen LogP contribution in [0.25, 0.3) is 0 Å². The fourth-order valence-electron chi connectivity index (χ4n) is 1.36. The van der Waals surface area contributed by atoms with Crippen LogP contribution in [0, 0.1) is 0 Å². The van der Waals surface area contributed by atoms with E-state index in [2.05, 4.69) is 25.8 Å². The highest BCUT2D eigenvalue weighted by molar-refractivity contribution is 5.20. The van der Waals surface area contributed by atoms with Crippen LogP contribution in [0.3, 0.4) is 0 Å². The third kappa shape index (κ3) is 11.4. The third-order valence-electron chi connectivity index (χ3n) is 2.25. The van der Waals surface area contributed by atoms with Crippen LogP contribution in [0.1, 0.15) is 65.9 Å². The van der Waals surface area contributed by atoms with Gasteiger partial charge in [0.05, 0.1) is 7.11 Å². The number of pyridine rings is 1. The van der Waals surface area contributed by atoms with E-state index in [1.165, 1.54) is 24.8 Å². The molecule has 0 N–H and O–H groups in total. The Labute approximate surface area is 114 Å². The van der Waals surface area contributed by atoms with E-state index in [1.807, 2.05) is 26.0 Å². The molecule has 106 valence electrons. The summed E-state index contributed by atoms with van der Waals surface area (Å²) in [4.78, 5) is 4.02. The van der Waals surface area contributed by atoms with Gasteiger partial charge >= 0.3 is 0 Å². The Balaban J connectivity index is 0. The highest BCUT2D eigenvalue weighted by Crippen LogP contribution is 2.09. The summed E-state index contributed by atoms with van der Waals surface area (Å²) >= 11 is 0. The van der Waals surface area contributed by atoms with Gasteiger partial charge in [-0.05, 0) is 18.1 Å². The zero-order valence-corrected chi connectivity index (χ0v) is 13.1. The van der Waals surface area contributed by atoms with Gasteiger partial charge in [0.15, 0.2) is 0 Å². The molecule has 2 nitrogen and oxygen atoms in total. The van der Waals surface area contributed by atoms with Crippen LogP contribution in [0.15, 0.2) is 18.3 Å². The first-order chi connectivity index (χ1) is 8.78. The maximum absolute atomic E-state index is 4.99. The average molecular weight is 253 g/mol. The summed E-state index contributed by atoms with van der Waals surface area (Å²) in [5.41, 5.74) is 1.29. The fourth-order valence-corrected chi connectivity index (χ4v) is 1.36. The predicted octanol–water partition coefficient (Wildman–Crippen LogP) is 5.27. The van der Waals surface area contributed by atoms with Crippen LogP contribution in [0.2, 0.25) is 0 Å². The molecule has 1 rings (SSSR count). The molecule has 0 aliphatic rings. The van der Waals surface area contributed by atoms with Crippen molar-refractivity contribution in [3.05, 3.63) is 23.9 Å². The summed E-state index contributed by atoms with van der Waals surface area (Å²) in [5.74, 6) is 0.705. The summed E-state index contributed by atoms with van der Waals surface area (Å²) in [6.45, 7) is 10.6. The van der Waals surface area contributed by atoms with Crippen LogP contribution in [-0.2, 0) is 6.42 Å². The average Bonchev–Trinajstić information content (AvgIpc) is 2.43. The molecule has 0 aliphatic heterocycles. The standard InChI is InChI=1S/C9H13NO.C5H12.C2H6/c1-3-4-8-5-6-10-9(7-8)11-2;1-3-5-4-2;1-2/h5-7H,3-4H2,1-2H3;3-5H2,1-2H3;1-2H3. The Morgan fingerprint density at radius 1 is 1.06 bits per heavy atom. The molecule has 1 heterocycles. The molecular formula is C16H31NO. The first-order valence-corrected chi connectivity index (χ1v) is 7.27. The van der Waals surface area contributed by atoms with E-state index in [-0.39, 0.29) is 0 Å². The molecule has 0 atom stereocenters. The molecule has 1 aromatic rings. The third-order valence-corrected chi connectivity index (χ3v) is 2.25. The smallest absolute Gasteiger partial charge is 0.213 e. The summed E-state index contributed by atoms with van der Waals surface area (Å²) in [5, 5.41) is 0. The van der Waals surface area contributed by atoms with Crippen LogP contribution < -0.4 is 4.74 Å². The number of methoxy groups -OCH3 is 1. The molecule has 0 saturated heterocycles. The molecule has 18 heavy (non-hydrogen) atoms. The maximum Gasteiger partial charge on any atom is 0.213 e. The molecule has 0 saturated carbocycles. The minimum absolute atomic E-state index is 0.705. The van der Waals surface area contributed by atoms with Crippen molar-refractivity contribution in [3.8, 4) is 5.88 Å². The molecule has 0 bridgehead atoms. The highest BCUT2D eigenvalue weighted by Gasteiger charge is 1.94. The number of ether oxygens (including phenoxy) is 1. The van der Waals surface area contributed by atoms with E-state index in [4.69, 9.17) is 4.74 Å². The lowest BCUT2D eigenvalue weighted by Crippen LogP contribution is -1.89. The van der Waals surface area contributed by atoms with Gasteiger partial charge in [-0.1, -0.05) is 60.3 Å². The van der Waals surface area contributed by atoms with Gasteiger partial charge in [-0.15, -0.1) is 0 Å². The van der Waals surface area contributed by atoms with Gasteiger partial charge < -0.3 is 4.74 Å². The summed E-state index contributed by atoms with van der Waals surface area (Å²) in [7, 11) is 1.64. The second-order valence-electron chi connectivity index (χ2n) is 3.81. The van der Waals surface area contributed by atoms with E-state index in [0.29, 0.717) is 5.88 Å². The Kier molecular flexibility index (Phi) is 17.1. The van der Waals surface area contributed by atoms with Crippen molar-refractivity contribution in [2.24, 2.45) is 0 Å². The monoisotopic (exact) mass is 253 g/mol. The van der Waals surface area contributed by atoms with Crippen molar-refractivity contribution in [2.45, 2.75) is 66.7 Å². The Morgan fingerprint density at radius 2 is 1.67 bits per heavy atom. The Bertz CT molecular complexity index is 259. The van der Waals surface area contributed by atoms with Crippen molar-refractivity contribution in [1.82, 2.24) is 4.98 Å². The van der Waals surface area contributed by atoms with Crippen LogP contribution in [0.5, 0.6) is 5.88 Å². The molecular weight excluding hydrogens is 222 g/mol. The van der Waals surface area contributed by atoms with Crippen molar-refractivity contribution < 1.29 is 4.74 Å². The van der Waals surface area contributed by atoms with Gasteiger partial charge in [-0.3, -0.25) is 0 Å². The van der Waals surface area contributed by atoms with Crippen LogP contribution >= 0.6 is 0 Å². The van der Waals surface area contributed by atoms with Crippen molar-refractivity contribution >= 4 is 0 Å². The van der Waals surface area contributed by atoms with Crippen LogP contribution in [-0.4, -0.2) is 12.1 Å². The normalized spacial score (nSPS) is 8.56. The van der Waals surface area contributed by atoms with Gasteiger partial charge in [0, 0.05) is 12.3 Å². The first-order valence-electron chi connectivity index (χ1n) is 7.27. The number of aryl methyl sites for hydroxylation is 1. The SMILES string of the molecule is CC.CCCCC.CCCc1ccnc(OC)c1. The van der Waals surface area contributed by atoms with Gasteiger partial charge in [-0.2, -0.15) is 0 Å². The van der Waals surface area contributed by atoms with Gasteiger partial charge in [0.25, 0.3) is 0 Å². The zero-order chi connectivity index (χ0) is 14.2. The van der Waals surface area contributed by atoms with E-state index in [9.17, 15) is 0 Å². The summed E-state index contributed by atoms with van der Waals surface area (Å²) < 4.78 is 4.99. The lowest BCUT2D eigenvalue weighted by Gasteiger charge is -2.00. The lowest BCUT2D eigenvalue weighted by atomic mass is 10.2. The Morgan fingerprint density at radius 3 is 2.06 bits per heavy atom. The number of aromatic nitrogens is 1. The molecule has 0 aliphatic carbocycles. The van der Waals surface area contributed by atoms with Crippen molar-refractivity contribution in [2.75, 3.05) is 7.11 Å². The maximum atomic E-state index is 4.99. The van der Waals surface area contributed by atoms with E-state index in [0.717, 1.165) is 12.8 Å². The number of nitrogens with zero attached hydrogens (tertiary/aromatic N) is 1. The van der Waals surface area contributed by atoms with Gasteiger partial charge in [0.1, 0.15) is 0 Å². The second-order valence-corrected chi connectivity index (χ2v) is 3.81. The highest BCUT2D eigenvalue weighted by atomic mass is 16.5. The van der Waals surface area contributed by atoms with Gasteiger partial charge in [-0.25, -0.2) is 4.98 Å². The number of rotatable bonds is 5. The van der Waals surface area contributed by atoms with Gasteiger partial charge in [0.2, 0.25) is 5.88 Å². The van der Waals surface area contributed by atoms with E-state index in [1.54, 1.807) is 13.3 Å². The molecule has 0 amide bonds. The zero-order valence-electron chi connectivity index (χ0n) is 13.1. The molecule has 0 spiro atoms. The first kappa shape index (κ1) is 19.3. The van der Waals surface area contributed by atoms with Crippen molar-refractivity contribution in [3.63, 3.8) is 0 Å². The largest absolute Gasteiger partial charge is 0.481 e. The number of unbranched alkanes of at least 4 members (excludes halogenated alkanes) is 2. The molecule has 0 fully saturated rings. The molecule has 0 unspecified atom stereocenters. The lowest BCUT2D eigenvalue weighted by molar-refractivity contribution is 0.397. The fraction of sp³-hybridized carbons (Fsp3) is 0.688. The predicted molar refractivity (Wildman–Crippen MR) is 81.3 cm³/mol. The second kappa shape index (κ2) is 16.0. The van der Waals surface area contributed by atoms with Crippen LogP contribution in [0.4, 0.5) is 0 Å². The molecule has 0 radical (unpaired) electrons. The summed E-state index contributed by atoms with van der Waals surface area (Å²) in [6, 6.07) is 4.00. The number of hydrogen-bond acceptors (Lipinski definition) is 2. The van der Waals surface area contributed by atoms with E-state index >= 15 is 0 Å². The molecule has 1 aromatic heterocycles.